The third-order valence-corrected chi connectivity index (χ3v) is 4.45. The number of hydrazine groups is 1. The first kappa shape index (κ1) is 18.2. The largest absolute Gasteiger partial charge is 0.489 e. The minimum atomic E-state index is -0.887. The first-order chi connectivity index (χ1) is 13.6. The monoisotopic (exact) mass is 404 g/mol. The van der Waals surface area contributed by atoms with Crippen LogP contribution >= 0.6 is 11.6 Å². The Morgan fingerprint density at radius 2 is 1.75 bits per heavy atom. The van der Waals surface area contributed by atoms with Gasteiger partial charge in [-0.05, 0) is 24.3 Å². The fraction of sp³-hybridized carbons (Fsp3) is 0.263. The Balaban J connectivity index is 1.39. The molecule has 28 heavy (non-hydrogen) atoms. The van der Waals surface area contributed by atoms with E-state index in [9.17, 15) is 9.59 Å². The fourth-order valence-electron chi connectivity index (χ4n) is 2.78. The molecule has 2 aliphatic rings. The van der Waals surface area contributed by atoms with Gasteiger partial charge in [-0.25, -0.2) is 0 Å². The zero-order valence-electron chi connectivity index (χ0n) is 14.7. The van der Waals surface area contributed by atoms with Gasteiger partial charge in [-0.2, -0.15) is 0 Å². The van der Waals surface area contributed by atoms with E-state index in [1.165, 1.54) is 12.1 Å². The summed E-state index contributed by atoms with van der Waals surface area (Å²) in [5.41, 5.74) is 4.90. The van der Waals surface area contributed by atoms with Crippen LogP contribution < -0.4 is 29.8 Å². The predicted octanol–water partition coefficient (Wildman–Crippen LogP) is 2.10. The van der Waals surface area contributed by atoms with Crippen LogP contribution in [0.15, 0.2) is 36.4 Å². The lowest BCUT2D eigenvalue weighted by Crippen LogP contribution is -2.50. The lowest BCUT2D eigenvalue weighted by molar-refractivity contribution is -0.131. The molecule has 0 aliphatic carbocycles. The molecule has 0 aromatic heterocycles. The maximum absolute atomic E-state index is 12.4. The van der Waals surface area contributed by atoms with Crippen molar-refractivity contribution in [3.8, 4) is 23.0 Å². The number of rotatable bonds is 2. The summed E-state index contributed by atoms with van der Waals surface area (Å²) < 4.78 is 22.2. The van der Waals surface area contributed by atoms with Crippen molar-refractivity contribution in [2.24, 2.45) is 0 Å². The molecule has 0 fully saturated rings. The molecule has 0 saturated heterocycles. The molecule has 2 aromatic carbocycles. The highest BCUT2D eigenvalue weighted by Crippen LogP contribution is 2.38. The number of amides is 2. The Labute approximate surface area is 165 Å². The predicted molar refractivity (Wildman–Crippen MR) is 99.0 cm³/mol. The number of nitrogens with one attached hydrogen (secondary N) is 2. The lowest BCUT2D eigenvalue weighted by atomic mass is 10.2. The van der Waals surface area contributed by atoms with E-state index in [0.717, 1.165) is 6.42 Å². The second-order valence-electron chi connectivity index (χ2n) is 6.14. The Bertz CT molecular complexity index is 919. The maximum Gasteiger partial charge on any atom is 0.283 e. The van der Waals surface area contributed by atoms with Gasteiger partial charge in [0.25, 0.3) is 11.8 Å². The molecule has 8 nitrogen and oxygen atoms in total. The first-order valence-electron chi connectivity index (χ1n) is 8.69. The molecular weight excluding hydrogens is 388 g/mol. The number of benzene rings is 2. The molecule has 146 valence electrons. The van der Waals surface area contributed by atoms with E-state index in [2.05, 4.69) is 10.9 Å². The van der Waals surface area contributed by atoms with Crippen LogP contribution in [-0.2, 0) is 4.79 Å². The first-order valence-corrected chi connectivity index (χ1v) is 9.07. The molecule has 2 aliphatic heterocycles. The molecule has 0 saturated carbocycles. The Morgan fingerprint density at radius 1 is 0.964 bits per heavy atom. The molecule has 2 heterocycles. The summed E-state index contributed by atoms with van der Waals surface area (Å²) in [7, 11) is 0. The van der Waals surface area contributed by atoms with E-state index in [0.29, 0.717) is 36.2 Å². The summed E-state index contributed by atoms with van der Waals surface area (Å²) in [5, 5.41) is 0.261. The van der Waals surface area contributed by atoms with Crippen molar-refractivity contribution in [2.45, 2.75) is 12.5 Å². The molecule has 4 rings (SSSR count). The van der Waals surface area contributed by atoms with Crippen molar-refractivity contribution in [3.05, 3.63) is 47.0 Å². The van der Waals surface area contributed by atoms with Gasteiger partial charge in [0.1, 0.15) is 6.61 Å². The topological polar surface area (TPSA) is 95.1 Å². The van der Waals surface area contributed by atoms with Gasteiger partial charge in [0.2, 0.25) is 6.10 Å². The van der Waals surface area contributed by atoms with Crippen LogP contribution in [0.5, 0.6) is 23.0 Å². The minimum Gasteiger partial charge on any atom is -0.489 e. The van der Waals surface area contributed by atoms with Crippen LogP contribution in [0.3, 0.4) is 0 Å². The van der Waals surface area contributed by atoms with Crippen LogP contribution in [0, 0.1) is 0 Å². The average molecular weight is 405 g/mol. The van der Waals surface area contributed by atoms with E-state index >= 15 is 0 Å². The Hall–Kier alpha value is -3.13. The van der Waals surface area contributed by atoms with Crippen LogP contribution in [0.2, 0.25) is 5.02 Å². The zero-order chi connectivity index (χ0) is 19.5. The number of para-hydroxylation sites is 2. The van der Waals surface area contributed by atoms with Crippen LogP contribution in [0.1, 0.15) is 16.8 Å². The molecular formula is C19H17ClN2O6. The van der Waals surface area contributed by atoms with E-state index in [4.69, 9.17) is 30.5 Å². The summed E-state index contributed by atoms with van der Waals surface area (Å²) in [4.78, 5) is 24.7. The smallest absolute Gasteiger partial charge is 0.283 e. The number of halogens is 1. The van der Waals surface area contributed by atoms with Crippen molar-refractivity contribution in [3.63, 3.8) is 0 Å². The van der Waals surface area contributed by atoms with Gasteiger partial charge in [0.05, 0.1) is 18.2 Å². The normalized spacial score (nSPS) is 17.2. The number of hydrogen-bond acceptors (Lipinski definition) is 6. The Kier molecular flexibility index (Phi) is 5.12. The lowest BCUT2D eigenvalue weighted by Gasteiger charge is -2.25. The van der Waals surface area contributed by atoms with Gasteiger partial charge in [-0.15, -0.1) is 0 Å². The average Bonchev–Trinajstić information content (AvgIpc) is 2.97. The number of carbonyl (C=O) groups is 2. The summed E-state index contributed by atoms with van der Waals surface area (Å²) in [5.74, 6) is 0.743. The molecule has 2 aromatic rings. The van der Waals surface area contributed by atoms with Crippen LogP contribution in [-0.4, -0.2) is 37.7 Å². The van der Waals surface area contributed by atoms with E-state index < -0.39 is 17.9 Å². The van der Waals surface area contributed by atoms with Gasteiger partial charge in [-0.1, -0.05) is 23.7 Å². The molecule has 9 heteroatoms. The summed E-state index contributed by atoms with van der Waals surface area (Å²) in [6, 6.07) is 10.0. The summed E-state index contributed by atoms with van der Waals surface area (Å²) >= 11 is 6.19. The van der Waals surface area contributed by atoms with E-state index in [1.54, 1.807) is 18.2 Å². The van der Waals surface area contributed by atoms with Gasteiger partial charge < -0.3 is 18.9 Å². The second kappa shape index (κ2) is 7.85. The molecule has 0 spiro atoms. The summed E-state index contributed by atoms with van der Waals surface area (Å²) in [6.07, 6.45) is -0.169. The molecule has 2 N–H and O–H groups in total. The Morgan fingerprint density at radius 3 is 2.61 bits per heavy atom. The third-order valence-electron chi connectivity index (χ3n) is 4.16. The standard InChI is InChI=1S/C19H17ClN2O6/c20-12-8-11(9-15-17(12)26-7-3-6-25-15)18(23)21-22-19(24)16-10-27-13-4-1-2-5-14(13)28-16/h1-2,4-5,8-9,16H,3,6-7,10H2,(H,21,23)(H,22,24). The fourth-order valence-corrected chi connectivity index (χ4v) is 3.05. The highest BCUT2D eigenvalue weighted by atomic mass is 35.5. The number of carbonyl (C=O) groups excluding carboxylic acids is 2. The SMILES string of the molecule is O=C(NNC(=O)C1COc2ccccc2O1)c1cc(Cl)c2c(c1)OCCCO2. The maximum atomic E-state index is 12.4. The number of hydrogen-bond donors (Lipinski definition) is 2. The number of fused-ring (bicyclic) bond motifs is 2. The molecule has 0 radical (unpaired) electrons. The third kappa shape index (κ3) is 3.77. The summed E-state index contributed by atoms with van der Waals surface area (Å²) in [6.45, 7) is 0.987. The van der Waals surface area contributed by atoms with Crippen molar-refractivity contribution in [1.82, 2.24) is 10.9 Å². The van der Waals surface area contributed by atoms with Crippen LogP contribution in [0.25, 0.3) is 0 Å². The van der Waals surface area contributed by atoms with Gasteiger partial charge >= 0.3 is 0 Å². The van der Waals surface area contributed by atoms with E-state index in [1.807, 2.05) is 6.07 Å². The molecule has 2 amide bonds. The van der Waals surface area contributed by atoms with Gasteiger partial charge in [0, 0.05) is 12.0 Å². The minimum absolute atomic E-state index is 0.0363. The number of ether oxygens (including phenoxy) is 4. The van der Waals surface area contributed by atoms with Crippen molar-refractivity contribution in [1.29, 1.82) is 0 Å². The second-order valence-corrected chi connectivity index (χ2v) is 6.55. The van der Waals surface area contributed by atoms with Crippen molar-refractivity contribution < 1.29 is 28.5 Å². The highest BCUT2D eigenvalue weighted by molar-refractivity contribution is 6.32. The zero-order valence-corrected chi connectivity index (χ0v) is 15.5. The van der Waals surface area contributed by atoms with Gasteiger partial charge in [-0.3, -0.25) is 20.4 Å². The van der Waals surface area contributed by atoms with Crippen molar-refractivity contribution in [2.75, 3.05) is 19.8 Å². The van der Waals surface area contributed by atoms with Crippen molar-refractivity contribution >= 4 is 23.4 Å². The van der Waals surface area contributed by atoms with Gasteiger partial charge in [0.15, 0.2) is 23.0 Å². The highest BCUT2D eigenvalue weighted by Gasteiger charge is 2.28. The molecule has 1 unspecified atom stereocenters. The molecule has 1 atom stereocenters. The quantitative estimate of drug-likeness (QED) is 0.744. The van der Waals surface area contributed by atoms with Crippen LogP contribution in [0.4, 0.5) is 0 Å². The van der Waals surface area contributed by atoms with E-state index in [-0.39, 0.29) is 17.2 Å². The molecule has 0 bridgehead atoms.